The molecule has 0 saturated carbocycles. The molecule has 0 spiro atoms. The molecule has 0 radical (unpaired) electrons. The summed E-state index contributed by atoms with van der Waals surface area (Å²) in [4.78, 5) is 11.9. The zero-order chi connectivity index (χ0) is 20.9. The first-order valence-corrected chi connectivity index (χ1v) is 10.3. The molecule has 0 unspecified atom stereocenters. The molecular weight excluding hydrogens is 429 g/mol. The summed E-state index contributed by atoms with van der Waals surface area (Å²) in [5, 5.41) is 0.158. The van der Waals surface area contributed by atoms with E-state index in [-0.39, 0.29) is 27.2 Å². The Morgan fingerprint density at radius 1 is 1.04 bits per heavy atom. The molecule has 0 aromatic heterocycles. The molecule has 10 heteroatoms. The topological polar surface area (TPSA) is 82.1 Å². The van der Waals surface area contributed by atoms with Crippen LogP contribution in [0.2, 0.25) is 10.0 Å². The third kappa shape index (κ3) is 4.81. The monoisotopic (exact) mass is 447 g/mol. The number of nitrogens with zero attached hydrogens (tertiary/aromatic N) is 1. The number of esters is 1. The summed E-state index contributed by atoms with van der Waals surface area (Å²) in [6.45, 7) is 1.17. The Hall–Kier alpha value is -2.16. The fraction of sp³-hybridized carbons (Fsp3) is 0.278. The summed E-state index contributed by atoms with van der Waals surface area (Å²) in [5.74, 6) is -0.0271. The van der Waals surface area contributed by atoms with Gasteiger partial charge in [0.25, 0.3) is 10.0 Å². The molecule has 0 bridgehead atoms. The van der Waals surface area contributed by atoms with Gasteiger partial charge in [0.2, 0.25) is 0 Å². The van der Waals surface area contributed by atoms with E-state index in [4.69, 9.17) is 37.4 Å². The van der Waals surface area contributed by atoms with Crippen LogP contribution in [0.3, 0.4) is 0 Å². The number of ether oxygens (including phenoxy) is 3. The van der Waals surface area contributed by atoms with Crippen molar-refractivity contribution in [1.82, 2.24) is 0 Å². The quantitative estimate of drug-likeness (QED) is 0.572. The van der Waals surface area contributed by atoms with Crippen molar-refractivity contribution in [3.05, 3.63) is 46.4 Å². The first-order chi connectivity index (χ1) is 13.2. The van der Waals surface area contributed by atoms with Gasteiger partial charge in [-0.2, -0.15) is 0 Å². The zero-order valence-electron chi connectivity index (χ0n) is 15.4. The lowest BCUT2D eigenvalue weighted by Crippen LogP contribution is -2.36. The van der Waals surface area contributed by atoms with Crippen molar-refractivity contribution in [2.45, 2.75) is 11.8 Å². The van der Waals surface area contributed by atoms with Crippen molar-refractivity contribution in [3.63, 3.8) is 0 Å². The predicted octanol–water partition coefficient (Wildman–Crippen LogP) is 3.77. The minimum atomic E-state index is -4.25. The summed E-state index contributed by atoms with van der Waals surface area (Å²) >= 11 is 12.0. The second kappa shape index (κ2) is 9.36. The van der Waals surface area contributed by atoms with Gasteiger partial charge in [0.15, 0.2) is 11.5 Å². The van der Waals surface area contributed by atoms with Crippen LogP contribution in [-0.4, -0.2) is 41.8 Å². The number of benzene rings is 2. The highest BCUT2D eigenvalue weighted by Gasteiger charge is 2.30. The molecule has 0 N–H and O–H groups in total. The Bertz CT molecular complexity index is 965. The van der Waals surface area contributed by atoms with Gasteiger partial charge in [0.05, 0.1) is 31.5 Å². The molecule has 0 aliphatic rings. The Morgan fingerprint density at radius 2 is 1.71 bits per heavy atom. The lowest BCUT2D eigenvalue weighted by Gasteiger charge is -2.25. The highest BCUT2D eigenvalue weighted by molar-refractivity contribution is 7.93. The van der Waals surface area contributed by atoms with Crippen LogP contribution in [0.1, 0.15) is 6.92 Å². The second-order valence-corrected chi connectivity index (χ2v) is 8.11. The first kappa shape index (κ1) is 22.1. The molecule has 0 saturated heterocycles. The summed E-state index contributed by atoms with van der Waals surface area (Å²) in [6, 6.07) is 8.51. The predicted molar refractivity (Wildman–Crippen MR) is 107 cm³/mol. The maximum atomic E-state index is 13.3. The highest BCUT2D eigenvalue weighted by atomic mass is 35.5. The first-order valence-electron chi connectivity index (χ1n) is 8.10. The third-order valence-electron chi connectivity index (χ3n) is 3.69. The second-order valence-electron chi connectivity index (χ2n) is 5.43. The number of hydrogen-bond donors (Lipinski definition) is 0. The molecule has 2 rings (SSSR count). The van der Waals surface area contributed by atoms with Crippen LogP contribution in [0.4, 0.5) is 5.69 Å². The van der Waals surface area contributed by atoms with E-state index in [1.54, 1.807) is 6.92 Å². The molecule has 28 heavy (non-hydrogen) atoms. The highest BCUT2D eigenvalue weighted by Crippen LogP contribution is 2.35. The number of methoxy groups -OCH3 is 2. The normalized spacial score (nSPS) is 11.0. The fourth-order valence-corrected chi connectivity index (χ4v) is 4.55. The molecule has 152 valence electrons. The van der Waals surface area contributed by atoms with Gasteiger partial charge in [-0.3, -0.25) is 9.10 Å². The van der Waals surface area contributed by atoms with Crippen LogP contribution >= 0.6 is 23.2 Å². The average molecular weight is 448 g/mol. The van der Waals surface area contributed by atoms with Crippen molar-refractivity contribution < 1.29 is 27.4 Å². The van der Waals surface area contributed by atoms with Crippen molar-refractivity contribution in [3.8, 4) is 11.5 Å². The molecule has 0 amide bonds. The maximum absolute atomic E-state index is 13.3. The van der Waals surface area contributed by atoms with Crippen molar-refractivity contribution in [1.29, 1.82) is 0 Å². The van der Waals surface area contributed by atoms with Gasteiger partial charge >= 0.3 is 5.97 Å². The number of rotatable bonds is 8. The van der Waals surface area contributed by atoms with Gasteiger partial charge in [-0.05, 0) is 37.3 Å². The van der Waals surface area contributed by atoms with Gasteiger partial charge < -0.3 is 14.2 Å². The van der Waals surface area contributed by atoms with Gasteiger partial charge in [0, 0.05) is 11.1 Å². The molecule has 0 aliphatic heterocycles. The zero-order valence-corrected chi connectivity index (χ0v) is 17.8. The third-order valence-corrected chi connectivity index (χ3v) is 6.18. The molecule has 2 aromatic carbocycles. The number of carbonyl (C=O) groups is 1. The van der Waals surface area contributed by atoms with Crippen molar-refractivity contribution in [2.75, 3.05) is 31.7 Å². The van der Waals surface area contributed by atoms with Gasteiger partial charge in [0.1, 0.15) is 11.4 Å². The molecule has 0 heterocycles. The van der Waals surface area contributed by atoms with Crippen LogP contribution in [-0.2, 0) is 19.6 Å². The van der Waals surface area contributed by atoms with E-state index in [0.717, 1.165) is 4.31 Å². The Kier molecular flexibility index (Phi) is 7.40. The largest absolute Gasteiger partial charge is 0.493 e. The average Bonchev–Trinajstić information content (AvgIpc) is 2.67. The molecule has 0 atom stereocenters. The number of sulfonamides is 1. The summed E-state index contributed by atoms with van der Waals surface area (Å²) < 4.78 is 42.8. The number of carbonyl (C=O) groups excluding carboxylic acids is 1. The number of hydrogen-bond acceptors (Lipinski definition) is 6. The molecule has 0 fully saturated rings. The van der Waals surface area contributed by atoms with Crippen LogP contribution in [0.25, 0.3) is 0 Å². The van der Waals surface area contributed by atoms with E-state index in [1.807, 2.05) is 0 Å². The summed E-state index contributed by atoms with van der Waals surface area (Å²) in [5.41, 5.74) is 0.168. The van der Waals surface area contributed by atoms with Crippen LogP contribution in [0.5, 0.6) is 11.5 Å². The lowest BCUT2D eigenvalue weighted by molar-refractivity contribution is -0.141. The van der Waals surface area contributed by atoms with Crippen LogP contribution < -0.4 is 13.8 Å². The molecule has 2 aromatic rings. The van der Waals surface area contributed by atoms with Crippen molar-refractivity contribution in [2.24, 2.45) is 0 Å². The standard InChI is InChI=1S/C18H19Cl2NO6S/c1-4-27-18(22)11-21(13-6-8-15(25-2)16(10-13)26-3)28(23,24)17-9-12(19)5-7-14(17)20/h5-10H,4,11H2,1-3H3. The molecular formula is C18H19Cl2NO6S. The van der Waals surface area contributed by atoms with Gasteiger partial charge in [-0.15, -0.1) is 0 Å². The van der Waals surface area contributed by atoms with Crippen LogP contribution in [0, 0.1) is 0 Å². The van der Waals surface area contributed by atoms with E-state index in [9.17, 15) is 13.2 Å². The Morgan fingerprint density at radius 3 is 2.32 bits per heavy atom. The van der Waals surface area contributed by atoms with Gasteiger partial charge in [-0.1, -0.05) is 23.2 Å². The molecule has 0 aliphatic carbocycles. The summed E-state index contributed by atoms with van der Waals surface area (Å²) in [7, 11) is -1.37. The van der Waals surface area contributed by atoms with E-state index in [2.05, 4.69) is 0 Å². The maximum Gasteiger partial charge on any atom is 0.326 e. The fourth-order valence-electron chi connectivity index (χ4n) is 2.41. The van der Waals surface area contributed by atoms with Crippen molar-refractivity contribution >= 4 is 44.9 Å². The van der Waals surface area contributed by atoms with E-state index in [1.165, 1.54) is 50.6 Å². The SMILES string of the molecule is CCOC(=O)CN(c1ccc(OC)c(OC)c1)S(=O)(=O)c1cc(Cl)ccc1Cl. The Balaban J connectivity index is 2.62. The van der Waals surface area contributed by atoms with Crippen LogP contribution in [0.15, 0.2) is 41.3 Å². The molecule has 7 nitrogen and oxygen atoms in total. The number of anilines is 1. The number of halogens is 2. The smallest absolute Gasteiger partial charge is 0.326 e. The summed E-state index contributed by atoms with van der Waals surface area (Å²) in [6.07, 6.45) is 0. The Labute approximate surface area is 173 Å². The van der Waals surface area contributed by atoms with E-state index in [0.29, 0.717) is 11.5 Å². The van der Waals surface area contributed by atoms with Gasteiger partial charge in [-0.25, -0.2) is 8.42 Å². The van der Waals surface area contributed by atoms with E-state index < -0.39 is 22.5 Å². The minimum absolute atomic E-state index is 0.0289. The lowest BCUT2D eigenvalue weighted by atomic mass is 10.2. The minimum Gasteiger partial charge on any atom is -0.493 e. The van der Waals surface area contributed by atoms with E-state index >= 15 is 0 Å².